The molecule has 1 amide bonds. The van der Waals surface area contributed by atoms with Gasteiger partial charge in [-0.05, 0) is 31.0 Å². The fourth-order valence-corrected chi connectivity index (χ4v) is 2.24. The molecule has 3 N–H and O–H groups in total. The summed E-state index contributed by atoms with van der Waals surface area (Å²) in [4.78, 5) is 13.4. The molecule has 0 saturated heterocycles. The van der Waals surface area contributed by atoms with Crippen LogP contribution in [0.4, 0.5) is 17.1 Å². The Kier molecular flexibility index (Phi) is 3.61. The number of anilines is 3. The molecule has 1 unspecified atom stereocenters. The number of carbonyl (C=O) groups is 1. The van der Waals surface area contributed by atoms with E-state index in [9.17, 15) is 4.79 Å². The van der Waals surface area contributed by atoms with Crippen molar-refractivity contribution in [2.75, 3.05) is 23.0 Å². The van der Waals surface area contributed by atoms with Crippen LogP contribution in [0.3, 0.4) is 0 Å². The van der Waals surface area contributed by atoms with Crippen molar-refractivity contribution in [2.24, 2.45) is 0 Å². The lowest BCUT2D eigenvalue weighted by atomic mass is 10.0. The van der Waals surface area contributed by atoms with Crippen molar-refractivity contribution < 1.29 is 4.79 Å². The Balaban J connectivity index is 2.33. The monoisotopic (exact) mass is 258 g/mol. The summed E-state index contributed by atoms with van der Waals surface area (Å²) in [6.07, 6.45) is 1.69. The number of carbonyl (C=O) groups excluding carboxylic acids is 1. The Bertz CT molecular complexity index is 547. The number of nitrogen functional groups attached to an aromatic ring is 1. The highest BCUT2D eigenvalue weighted by Gasteiger charge is 2.19. The summed E-state index contributed by atoms with van der Waals surface area (Å²) >= 11 is 0. The fourth-order valence-electron chi connectivity index (χ4n) is 2.24. The molecular weight excluding hydrogens is 240 g/mol. The summed E-state index contributed by atoms with van der Waals surface area (Å²) in [5, 5.41) is 11.6. The quantitative estimate of drug-likeness (QED) is 0.811. The number of hydrogen-bond donors (Lipinski definition) is 2. The van der Waals surface area contributed by atoms with Gasteiger partial charge in [0.25, 0.3) is 0 Å². The van der Waals surface area contributed by atoms with E-state index in [0.717, 1.165) is 23.4 Å². The number of nitrogens with one attached hydrogen (secondary N) is 1. The van der Waals surface area contributed by atoms with E-state index in [1.54, 1.807) is 6.07 Å². The van der Waals surface area contributed by atoms with Gasteiger partial charge in [-0.15, -0.1) is 0 Å². The SMILES string of the molecule is CC(CC#N)N(C)c1cc2c(cc1N)NC(=O)CC2. The van der Waals surface area contributed by atoms with Gasteiger partial charge in [-0.1, -0.05) is 0 Å². The van der Waals surface area contributed by atoms with Crippen molar-refractivity contribution in [1.29, 1.82) is 5.26 Å². The molecule has 0 aliphatic carbocycles. The van der Waals surface area contributed by atoms with Gasteiger partial charge < -0.3 is 16.0 Å². The molecule has 1 aromatic rings. The first-order chi connectivity index (χ1) is 9.02. The highest BCUT2D eigenvalue weighted by Crippen LogP contribution is 2.33. The zero-order valence-corrected chi connectivity index (χ0v) is 11.2. The van der Waals surface area contributed by atoms with Gasteiger partial charge in [0, 0.05) is 25.2 Å². The van der Waals surface area contributed by atoms with Crippen LogP contribution in [0.5, 0.6) is 0 Å². The third kappa shape index (κ3) is 2.63. The molecule has 0 saturated carbocycles. The van der Waals surface area contributed by atoms with E-state index in [1.165, 1.54) is 0 Å². The predicted octanol–water partition coefficient (Wildman–Crippen LogP) is 1.89. The maximum absolute atomic E-state index is 11.4. The lowest BCUT2D eigenvalue weighted by Gasteiger charge is -2.28. The van der Waals surface area contributed by atoms with Gasteiger partial charge in [-0.25, -0.2) is 0 Å². The molecule has 1 aromatic carbocycles. The van der Waals surface area contributed by atoms with Crippen molar-refractivity contribution in [3.63, 3.8) is 0 Å². The molecule has 19 heavy (non-hydrogen) atoms. The first-order valence-electron chi connectivity index (χ1n) is 6.35. The van der Waals surface area contributed by atoms with E-state index >= 15 is 0 Å². The molecule has 0 aromatic heterocycles. The minimum Gasteiger partial charge on any atom is -0.397 e. The van der Waals surface area contributed by atoms with Gasteiger partial charge in [0.1, 0.15) is 0 Å². The van der Waals surface area contributed by atoms with Crippen LogP contribution in [-0.4, -0.2) is 19.0 Å². The van der Waals surface area contributed by atoms with E-state index in [0.29, 0.717) is 18.5 Å². The van der Waals surface area contributed by atoms with Crippen molar-refractivity contribution >= 4 is 23.0 Å². The largest absolute Gasteiger partial charge is 0.397 e. The van der Waals surface area contributed by atoms with Crippen molar-refractivity contribution in [3.8, 4) is 6.07 Å². The lowest BCUT2D eigenvalue weighted by Crippen LogP contribution is -2.29. The second-order valence-corrected chi connectivity index (χ2v) is 4.94. The molecule has 2 rings (SSSR count). The average molecular weight is 258 g/mol. The number of nitriles is 1. The second kappa shape index (κ2) is 5.19. The average Bonchev–Trinajstić information content (AvgIpc) is 2.37. The van der Waals surface area contributed by atoms with E-state index in [4.69, 9.17) is 11.0 Å². The Morgan fingerprint density at radius 3 is 2.95 bits per heavy atom. The first-order valence-corrected chi connectivity index (χ1v) is 6.35. The number of hydrogen-bond acceptors (Lipinski definition) is 4. The predicted molar refractivity (Wildman–Crippen MR) is 75.9 cm³/mol. The standard InChI is InChI=1S/C14H18N4O/c1-9(5-6-15)18(2)13-7-10-3-4-14(19)17-12(10)8-11(13)16/h7-9H,3-5,16H2,1-2H3,(H,17,19). The van der Waals surface area contributed by atoms with E-state index in [2.05, 4.69) is 11.4 Å². The summed E-state index contributed by atoms with van der Waals surface area (Å²) in [5.74, 6) is 0.0332. The van der Waals surface area contributed by atoms with Crippen LogP contribution < -0.4 is 16.0 Å². The van der Waals surface area contributed by atoms with Crippen LogP contribution in [0.25, 0.3) is 0 Å². The zero-order chi connectivity index (χ0) is 14.0. The zero-order valence-electron chi connectivity index (χ0n) is 11.2. The molecule has 1 aliphatic heterocycles. The molecule has 0 radical (unpaired) electrons. The van der Waals surface area contributed by atoms with Crippen LogP contribution in [0.1, 0.15) is 25.3 Å². The topological polar surface area (TPSA) is 82.2 Å². The van der Waals surface area contributed by atoms with Crippen LogP contribution in [-0.2, 0) is 11.2 Å². The van der Waals surface area contributed by atoms with E-state index < -0.39 is 0 Å². The Hall–Kier alpha value is -2.22. The normalized spacial score (nSPS) is 15.1. The number of fused-ring (bicyclic) bond motifs is 1. The first kappa shape index (κ1) is 13.2. The van der Waals surface area contributed by atoms with Gasteiger partial charge in [0.15, 0.2) is 0 Å². The molecule has 100 valence electrons. The van der Waals surface area contributed by atoms with Crippen molar-refractivity contribution in [1.82, 2.24) is 0 Å². The molecule has 1 aliphatic rings. The number of nitrogens with two attached hydrogens (primary N) is 1. The summed E-state index contributed by atoms with van der Waals surface area (Å²) < 4.78 is 0. The minimum absolute atomic E-state index is 0.0332. The van der Waals surface area contributed by atoms with Crippen molar-refractivity contribution in [3.05, 3.63) is 17.7 Å². The Morgan fingerprint density at radius 1 is 1.53 bits per heavy atom. The Morgan fingerprint density at radius 2 is 2.26 bits per heavy atom. The molecule has 5 heteroatoms. The van der Waals surface area contributed by atoms with Gasteiger partial charge in [0.05, 0.1) is 23.9 Å². The summed E-state index contributed by atoms with van der Waals surface area (Å²) in [5.41, 5.74) is 9.48. The highest BCUT2D eigenvalue weighted by molar-refractivity contribution is 5.95. The number of nitrogens with zero attached hydrogens (tertiary/aromatic N) is 2. The Labute approximate surface area is 113 Å². The van der Waals surface area contributed by atoms with Gasteiger partial charge in [0.2, 0.25) is 5.91 Å². The highest BCUT2D eigenvalue weighted by atomic mass is 16.1. The summed E-state index contributed by atoms with van der Waals surface area (Å²) in [7, 11) is 1.93. The summed E-state index contributed by atoms with van der Waals surface area (Å²) in [6.45, 7) is 1.99. The van der Waals surface area contributed by atoms with E-state index in [1.807, 2.05) is 24.9 Å². The van der Waals surface area contributed by atoms with Gasteiger partial charge in [-0.2, -0.15) is 5.26 Å². The lowest BCUT2D eigenvalue weighted by molar-refractivity contribution is -0.116. The maximum Gasteiger partial charge on any atom is 0.224 e. The van der Waals surface area contributed by atoms with Gasteiger partial charge in [-0.3, -0.25) is 4.79 Å². The molecule has 1 atom stereocenters. The fraction of sp³-hybridized carbons (Fsp3) is 0.429. The number of rotatable bonds is 3. The molecule has 1 heterocycles. The molecule has 0 spiro atoms. The molecule has 0 bridgehead atoms. The van der Waals surface area contributed by atoms with Crippen molar-refractivity contribution in [2.45, 2.75) is 32.2 Å². The molecule has 0 fully saturated rings. The van der Waals surface area contributed by atoms with Crippen LogP contribution in [0.2, 0.25) is 0 Å². The molecular formula is C14H18N4O. The van der Waals surface area contributed by atoms with Crippen LogP contribution in [0, 0.1) is 11.3 Å². The third-order valence-corrected chi connectivity index (χ3v) is 3.58. The van der Waals surface area contributed by atoms with Crippen LogP contribution in [0.15, 0.2) is 12.1 Å². The minimum atomic E-state index is 0.0332. The second-order valence-electron chi connectivity index (χ2n) is 4.94. The van der Waals surface area contributed by atoms with Gasteiger partial charge >= 0.3 is 0 Å². The summed E-state index contributed by atoms with van der Waals surface area (Å²) in [6, 6.07) is 6.08. The smallest absolute Gasteiger partial charge is 0.224 e. The molecule has 5 nitrogen and oxygen atoms in total. The third-order valence-electron chi connectivity index (χ3n) is 3.58. The number of benzene rings is 1. The number of amides is 1. The number of aryl methyl sites for hydroxylation is 1. The van der Waals surface area contributed by atoms with E-state index in [-0.39, 0.29) is 11.9 Å². The maximum atomic E-state index is 11.4. The van der Waals surface area contributed by atoms with Crippen LogP contribution >= 0.6 is 0 Å².